The zero-order valence-corrected chi connectivity index (χ0v) is 16.1. The Morgan fingerprint density at radius 2 is 1.78 bits per heavy atom. The predicted molar refractivity (Wildman–Crippen MR) is 87.0 cm³/mol. The average Bonchev–Trinajstić information content (AvgIpc) is 2.86. The molecule has 0 bridgehead atoms. The Morgan fingerprint density at radius 1 is 1.13 bits per heavy atom. The molecule has 0 radical (unpaired) electrons. The van der Waals surface area contributed by atoms with E-state index in [-0.39, 0.29) is 28.2 Å². The molecule has 130 valence electrons. The normalized spacial score (nSPS) is 11.7. The van der Waals surface area contributed by atoms with E-state index in [1.165, 1.54) is 11.6 Å². The van der Waals surface area contributed by atoms with Gasteiger partial charge in [-0.2, -0.15) is 0 Å². The van der Waals surface area contributed by atoms with Crippen molar-refractivity contribution in [3.05, 3.63) is 27.2 Å². The molecule has 0 N–H and O–H groups in total. The van der Waals surface area contributed by atoms with E-state index in [1.807, 2.05) is 4.57 Å². The van der Waals surface area contributed by atoms with Gasteiger partial charge in [-0.3, -0.25) is 13.9 Å². The first kappa shape index (κ1) is 19.6. The Kier molecular flexibility index (Phi) is 6.35. The molecule has 23 heavy (non-hydrogen) atoms. The van der Waals surface area contributed by atoms with Gasteiger partial charge in [-0.1, -0.05) is 6.92 Å². The molecular formula is C15H26BrN5O2. The van der Waals surface area contributed by atoms with E-state index in [0.717, 1.165) is 41.5 Å². The summed E-state index contributed by atoms with van der Waals surface area (Å²) in [5.41, 5.74) is 0.335. The lowest BCUT2D eigenvalue weighted by Gasteiger charge is -2.29. The van der Waals surface area contributed by atoms with Crippen LogP contribution in [-0.2, 0) is 20.6 Å². The van der Waals surface area contributed by atoms with Crippen molar-refractivity contribution >= 4 is 11.2 Å². The summed E-state index contributed by atoms with van der Waals surface area (Å²) in [6.45, 7) is 5.10. The van der Waals surface area contributed by atoms with Crippen LogP contribution in [0, 0.1) is 0 Å². The van der Waals surface area contributed by atoms with E-state index in [2.05, 4.69) is 26.0 Å². The summed E-state index contributed by atoms with van der Waals surface area (Å²) in [5.74, 6) is 0. The van der Waals surface area contributed by atoms with E-state index >= 15 is 0 Å². The maximum Gasteiger partial charge on any atom is 0.332 e. The Bertz CT molecular complexity index is 787. The van der Waals surface area contributed by atoms with Crippen LogP contribution >= 0.6 is 0 Å². The standard InChI is InChI=1S/C15H26N5O2.BrH/c1-6-9-20(4,5)10-7-8-19-11-16-13-12(19)14(21)18(3)15(22)17(13)2;/h11H,6-10H2,1-5H3;1H/q+1;/p-1. The number of imidazole rings is 1. The minimum atomic E-state index is -0.344. The second-order valence-electron chi connectivity index (χ2n) is 6.55. The zero-order valence-electron chi connectivity index (χ0n) is 14.5. The third kappa shape index (κ3) is 3.92. The molecule has 0 fully saturated rings. The topological polar surface area (TPSA) is 61.8 Å². The van der Waals surface area contributed by atoms with E-state index in [0.29, 0.717) is 11.2 Å². The third-order valence-corrected chi connectivity index (χ3v) is 4.21. The molecule has 8 heteroatoms. The minimum Gasteiger partial charge on any atom is -1.00 e. The van der Waals surface area contributed by atoms with Crippen molar-refractivity contribution in [3.8, 4) is 0 Å². The molecule has 2 heterocycles. The van der Waals surface area contributed by atoms with Crippen molar-refractivity contribution in [3.63, 3.8) is 0 Å². The molecule has 0 spiro atoms. The first-order valence-corrected chi connectivity index (χ1v) is 7.71. The highest BCUT2D eigenvalue weighted by Gasteiger charge is 2.16. The van der Waals surface area contributed by atoms with E-state index < -0.39 is 0 Å². The van der Waals surface area contributed by atoms with Gasteiger partial charge in [0.05, 0.1) is 33.5 Å². The minimum absolute atomic E-state index is 0. The van der Waals surface area contributed by atoms with Crippen LogP contribution in [-0.4, -0.2) is 50.4 Å². The smallest absolute Gasteiger partial charge is 0.332 e. The number of fused-ring (bicyclic) bond motifs is 1. The summed E-state index contributed by atoms with van der Waals surface area (Å²) in [5, 5.41) is 0. The molecule has 0 saturated heterocycles. The molecule has 7 nitrogen and oxygen atoms in total. The van der Waals surface area contributed by atoms with Gasteiger partial charge in [0.25, 0.3) is 5.56 Å². The van der Waals surface area contributed by atoms with Crippen LogP contribution < -0.4 is 28.2 Å². The average molecular weight is 388 g/mol. The molecule has 2 aromatic heterocycles. The highest BCUT2D eigenvalue weighted by atomic mass is 79.9. The Labute approximate surface area is 146 Å². The predicted octanol–water partition coefficient (Wildman–Crippen LogP) is -2.69. The highest BCUT2D eigenvalue weighted by Crippen LogP contribution is 2.08. The van der Waals surface area contributed by atoms with Crippen molar-refractivity contribution in [1.82, 2.24) is 18.7 Å². The maximum absolute atomic E-state index is 12.3. The summed E-state index contributed by atoms with van der Waals surface area (Å²) in [6, 6.07) is 0. The second kappa shape index (κ2) is 7.44. The van der Waals surface area contributed by atoms with Gasteiger partial charge in [0.15, 0.2) is 11.2 Å². The molecule has 0 aromatic carbocycles. The lowest BCUT2D eigenvalue weighted by molar-refractivity contribution is -0.890. The van der Waals surface area contributed by atoms with Gasteiger partial charge < -0.3 is 26.0 Å². The number of nitrogens with zero attached hydrogens (tertiary/aromatic N) is 5. The van der Waals surface area contributed by atoms with E-state index in [9.17, 15) is 9.59 Å². The molecule has 0 aliphatic heterocycles. The number of hydrogen-bond acceptors (Lipinski definition) is 3. The summed E-state index contributed by atoms with van der Waals surface area (Å²) >= 11 is 0. The van der Waals surface area contributed by atoms with Gasteiger partial charge in [0, 0.05) is 27.1 Å². The number of rotatable bonds is 6. The molecule has 0 aliphatic carbocycles. The van der Waals surface area contributed by atoms with E-state index in [1.54, 1.807) is 13.4 Å². The quantitative estimate of drug-likeness (QED) is 0.507. The SMILES string of the molecule is CCC[N+](C)(C)CCCn1cnc2c1c(=O)n(C)c(=O)n2C.[Br-]. The summed E-state index contributed by atoms with van der Waals surface area (Å²) < 4.78 is 5.39. The highest BCUT2D eigenvalue weighted by molar-refractivity contribution is 5.69. The molecule has 0 unspecified atom stereocenters. The molecule has 0 amide bonds. The number of quaternary nitrogens is 1. The fourth-order valence-corrected chi connectivity index (χ4v) is 2.95. The van der Waals surface area contributed by atoms with Crippen molar-refractivity contribution in [2.24, 2.45) is 14.1 Å². The van der Waals surface area contributed by atoms with Gasteiger partial charge in [-0.05, 0) is 6.42 Å². The Balaban J connectivity index is 0.00000264. The molecule has 2 aromatic rings. The van der Waals surface area contributed by atoms with Crippen LogP contribution in [0.5, 0.6) is 0 Å². The van der Waals surface area contributed by atoms with Crippen LogP contribution in [0.15, 0.2) is 15.9 Å². The van der Waals surface area contributed by atoms with Gasteiger partial charge >= 0.3 is 5.69 Å². The van der Waals surface area contributed by atoms with Gasteiger partial charge in [-0.25, -0.2) is 9.78 Å². The maximum atomic E-state index is 12.3. The summed E-state index contributed by atoms with van der Waals surface area (Å²) in [6.07, 6.45) is 3.78. The Hall–Kier alpha value is -1.41. The second-order valence-corrected chi connectivity index (χ2v) is 6.55. The van der Waals surface area contributed by atoms with Crippen LogP contribution in [0.3, 0.4) is 0 Å². The van der Waals surface area contributed by atoms with E-state index in [4.69, 9.17) is 0 Å². The van der Waals surface area contributed by atoms with Gasteiger partial charge in [0.2, 0.25) is 0 Å². The first-order chi connectivity index (χ1) is 10.3. The summed E-state index contributed by atoms with van der Waals surface area (Å²) in [7, 11) is 7.59. The third-order valence-electron chi connectivity index (χ3n) is 4.21. The van der Waals surface area contributed by atoms with Crippen LogP contribution in [0.2, 0.25) is 0 Å². The largest absolute Gasteiger partial charge is 1.00 e. The lowest BCUT2D eigenvalue weighted by atomic mass is 10.3. The lowest BCUT2D eigenvalue weighted by Crippen LogP contribution is -3.00. The summed E-state index contributed by atoms with van der Waals surface area (Å²) in [4.78, 5) is 28.5. The van der Waals surface area contributed by atoms with Crippen LogP contribution in [0.25, 0.3) is 11.2 Å². The fourth-order valence-electron chi connectivity index (χ4n) is 2.95. The van der Waals surface area contributed by atoms with Gasteiger partial charge in [-0.15, -0.1) is 0 Å². The van der Waals surface area contributed by atoms with Crippen LogP contribution in [0.4, 0.5) is 0 Å². The zero-order chi connectivity index (χ0) is 16.5. The monoisotopic (exact) mass is 387 g/mol. The number of halogens is 1. The molecule has 0 saturated carbocycles. The van der Waals surface area contributed by atoms with Gasteiger partial charge in [0.1, 0.15) is 0 Å². The van der Waals surface area contributed by atoms with Crippen molar-refractivity contribution < 1.29 is 21.5 Å². The van der Waals surface area contributed by atoms with Crippen LogP contribution in [0.1, 0.15) is 19.8 Å². The molecular weight excluding hydrogens is 362 g/mol. The number of aromatic nitrogens is 4. The molecule has 0 atom stereocenters. The number of hydrogen-bond donors (Lipinski definition) is 0. The molecule has 0 aliphatic rings. The number of aryl methyl sites for hydroxylation is 2. The first-order valence-electron chi connectivity index (χ1n) is 7.71. The van der Waals surface area contributed by atoms with Crippen molar-refractivity contribution in [2.75, 3.05) is 27.2 Å². The molecule has 2 rings (SSSR count). The van der Waals surface area contributed by atoms with Crippen molar-refractivity contribution in [2.45, 2.75) is 26.3 Å². The Morgan fingerprint density at radius 3 is 2.39 bits per heavy atom. The van der Waals surface area contributed by atoms with Crippen molar-refractivity contribution in [1.29, 1.82) is 0 Å². The fraction of sp³-hybridized carbons (Fsp3) is 0.667.